The molecule has 0 amide bonds. The number of benzene rings is 1. The van der Waals surface area contributed by atoms with E-state index in [1.807, 2.05) is 0 Å². The minimum atomic E-state index is -4.71. The van der Waals surface area contributed by atoms with Crippen molar-refractivity contribution in [2.45, 2.75) is 13.1 Å². The van der Waals surface area contributed by atoms with E-state index >= 15 is 0 Å². The molecule has 0 saturated heterocycles. The first-order valence-corrected chi connectivity index (χ1v) is 7.02. The molecule has 1 heterocycles. The van der Waals surface area contributed by atoms with Gasteiger partial charge in [0.25, 0.3) is 0 Å². The Labute approximate surface area is 140 Å². The molecule has 0 aliphatic heterocycles. The summed E-state index contributed by atoms with van der Waals surface area (Å²) in [5.74, 6) is -0.777. The number of fused-ring (bicyclic) bond motifs is 1. The number of furan rings is 1. The molecule has 1 aromatic heterocycles. The van der Waals surface area contributed by atoms with Crippen molar-refractivity contribution in [2.24, 2.45) is 10.7 Å². The van der Waals surface area contributed by atoms with E-state index in [1.165, 1.54) is 32.2 Å². The number of carboxylic acids is 1. The van der Waals surface area contributed by atoms with Gasteiger partial charge in [-0.2, -0.15) is 13.2 Å². The van der Waals surface area contributed by atoms with E-state index in [9.17, 15) is 23.1 Å². The van der Waals surface area contributed by atoms with Crippen LogP contribution in [0, 0.1) is 6.92 Å². The van der Waals surface area contributed by atoms with E-state index in [2.05, 4.69) is 4.99 Å². The lowest BCUT2D eigenvalue weighted by molar-refractivity contribution is -0.0934. The van der Waals surface area contributed by atoms with E-state index in [4.69, 9.17) is 14.9 Å². The average Bonchev–Trinajstić information content (AvgIpc) is 2.84. The van der Waals surface area contributed by atoms with Crippen LogP contribution in [0.15, 0.2) is 38.9 Å². The van der Waals surface area contributed by atoms with Gasteiger partial charge in [-0.1, -0.05) is 0 Å². The molecule has 0 atom stereocenters. The zero-order valence-electron chi connectivity index (χ0n) is 13.3. The molecule has 134 valence electrons. The molecular formula is C16H15F3N2O4. The number of hydrogen-bond acceptors (Lipinski definition) is 5. The number of hydrogen-bond donors (Lipinski definition) is 2. The second kappa shape index (κ2) is 6.88. The van der Waals surface area contributed by atoms with Crippen molar-refractivity contribution in [1.82, 2.24) is 0 Å². The van der Waals surface area contributed by atoms with Crippen LogP contribution in [0.3, 0.4) is 0 Å². The molecule has 0 aliphatic rings. The van der Waals surface area contributed by atoms with Crippen LogP contribution in [0.4, 0.5) is 13.2 Å². The van der Waals surface area contributed by atoms with Gasteiger partial charge in [0, 0.05) is 24.2 Å². The van der Waals surface area contributed by atoms with Gasteiger partial charge >= 0.3 is 12.1 Å². The Morgan fingerprint density at radius 2 is 2.12 bits per heavy atom. The zero-order chi connectivity index (χ0) is 18.8. The van der Waals surface area contributed by atoms with Crippen LogP contribution in [0.1, 0.15) is 16.1 Å². The number of nitrogens with two attached hydrogens (primary N) is 1. The number of aryl methyl sites for hydroxylation is 1. The minimum absolute atomic E-state index is 0.0267. The van der Waals surface area contributed by atoms with Crippen molar-refractivity contribution in [3.05, 3.63) is 40.8 Å². The van der Waals surface area contributed by atoms with E-state index in [0.29, 0.717) is 11.0 Å². The number of carbonyl (C=O) groups is 1. The van der Waals surface area contributed by atoms with Crippen LogP contribution in [0.2, 0.25) is 0 Å². The third-order valence-electron chi connectivity index (χ3n) is 3.38. The smallest absolute Gasteiger partial charge is 0.431 e. The van der Waals surface area contributed by atoms with E-state index < -0.39 is 24.4 Å². The van der Waals surface area contributed by atoms with Gasteiger partial charge in [-0.15, -0.1) is 0 Å². The maximum Gasteiger partial charge on any atom is 0.431 e. The molecule has 0 saturated carbocycles. The Bertz CT molecular complexity index is 866. The highest BCUT2D eigenvalue weighted by atomic mass is 19.4. The Balaban J connectivity index is 2.34. The fourth-order valence-corrected chi connectivity index (χ4v) is 2.24. The molecule has 9 heteroatoms. The van der Waals surface area contributed by atoms with Gasteiger partial charge in [0.15, 0.2) is 0 Å². The third-order valence-corrected chi connectivity index (χ3v) is 3.38. The van der Waals surface area contributed by atoms with Gasteiger partial charge in [-0.25, -0.2) is 4.79 Å². The van der Waals surface area contributed by atoms with E-state index in [0.717, 1.165) is 6.21 Å². The fraction of sp³-hybridized carbons (Fsp3) is 0.250. The summed E-state index contributed by atoms with van der Waals surface area (Å²) < 4.78 is 48.8. The van der Waals surface area contributed by atoms with Crippen LogP contribution >= 0.6 is 0 Å². The van der Waals surface area contributed by atoms with Gasteiger partial charge in [-0.05, 0) is 25.1 Å². The predicted molar refractivity (Wildman–Crippen MR) is 85.1 cm³/mol. The van der Waals surface area contributed by atoms with Crippen LogP contribution < -0.4 is 10.5 Å². The highest BCUT2D eigenvalue weighted by molar-refractivity contribution is 6.03. The average molecular weight is 356 g/mol. The van der Waals surface area contributed by atoms with Gasteiger partial charge in [0.2, 0.25) is 0 Å². The molecule has 0 spiro atoms. The Morgan fingerprint density at radius 3 is 2.68 bits per heavy atom. The molecule has 0 radical (unpaired) electrons. The Kier molecular flexibility index (Phi) is 5.05. The first kappa shape index (κ1) is 18.4. The van der Waals surface area contributed by atoms with Crippen molar-refractivity contribution in [3.8, 4) is 5.75 Å². The number of alkyl halides is 3. The van der Waals surface area contributed by atoms with Gasteiger partial charge in [-0.3, -0.25) is 4.99 Å². The molecule has 6 nitrogen and oxygen atoms in total. The minimum Gasteiger partial charge on any atom is -0.489 e. The van der Waals surface area contributed by atoms with Gasteiger partial charge in [0.1, 0.15) is 35.0 Å². The second-order valence-corrected chi connectivity index (χ2v) is 5.11. The number of nitrogens with zero attached hydrogens (tertiary/aromatic N) is 1. The molecule has 0 fully saturated rings. The van der Waals surface area contributed by atoms with Crippen molar-refractivity contribution >= 4 is 23.2 Å². The lowest BCUT2D eigenvalue weighted by Gasteiger charge is -2.12. The fourth-order valence-electron chi connectivity index (χ4n) is 2.24. The quantitative estimate of drug-likeness (QED) is 0.801. The van der Waals surface area contributed by atoms with Crippen molar-refractivity contribution < 1.29 is 32.2 Å². The van der Waals surface area contributed by atoms with Crippen LogP contribution in [-0.4, -0.2) is 37.1 Å². The summed E-state index contributed by atoms with van der Waals surface area (Å²) in [4.78, 5) is 14.8. The molecule has 0 aliphatic carbocycles. The lowest BCUT2D eigenvalue weighted by atomic mass is 10.1. The third kappa shape index (κ3) is 3.93. The molecule has 25 heavy (non-hydrogen) atoms. The monoisotopic (exact) mass is 356 g/mol. The van der Waals surface area contributed by atoms with E-state index in [-0.39, 0.29) is 22.6 Å². The molecule has 2 rings (SSSR count). The summed E-state index contributed by atoms with van der Waals surface area (Å²) in [6.45, 7) is 1.03. The van der Waals surface area contributed by atoms with E-state index in [1.54, 1.807) is 0 Å². The normalized spacial score (nSPS) is 13.3. The second-order valence-electron chi connectivity index (χ2n) is 5.11. The van der Waals surface area contributed by atoms with Crippen molar-refractivity contribution in [1.29, 1.82) is 0 Å². The van der Waals surface area contributed by atoms with Crippen LogP contribution in [0.25, 0.3) is 11.0 Å². The van der Waals surface area contributed by atoms with Crippen LogP contribution in [-0.2, 0) is 0 Å². The van der Waals surface area contributed by atoms with Crippen molar-refractivity contribution in [2.75, 3.05) is 13.7 Å². The summed E-state index contributed by atoms with van der Waals surface area (Å²) in [5.41, 5.74) is 3.77. The topological polar surface area (TPSA) is 98.0 Å². The standard InChI is InChI=1S/C16H15F3N2O4/c1-8-13(15(22)23)11-5-10(3-4-12(11)25-8)24-7-9(6-21-2)14(20)16(17,18)19/h3-6H,7,20H2,1-2H3,(H,22,23)/b14-9+,21-6?. The highest BCUT2D eigenvalue weighted by Crippen LogP contribution is 2.29. The predicted octanol–water partition coefficient (Wildman–Crippen LogP) is 3.29. The molecule has 0 bridgehead atoms. The summed E-state index contributed by atoms with van der Waals surface area (Å²) in [6.07, 6.45) is -3.74. The van der Waals surface area contributed by atoms with Gasteiger partial charge in [0.05, 0.1) is 0 Å². The molecular weight excluding hydrogens is 341 g/mol. The Hall–Kier alpha value is -2.97. The summed E-state index contributed by atoms with van der Waals surface area (Å²) in [5, 5.41) is 9.52. The highest BCUT2D eigenvalue weighted by Gasteiger charge is 2.34. The maximum atomic E-state index is 12.7. The lowest BCUT2D eigenvalue weighted by Crippen LogP contribution is -2.24. The number of aliphatic imine (C=N–C) groups is 1. The largest absolute Gasteiger partial charge is 0.489 e. The summed E-state index contributed by atoms with van der Waals surface area (Å²) in [7, 11) is 1.31. The van der Waals surface area contributed by atoms with Crippen LogP contribution in [0.5, 0.6) is 5.75 Å². The first-order valence-electron chi connectivity index (χ1n) is 7.02. The molecule has 2 aromatic rings. The molecule has 1 aromatic carbocycles. The number of halogens is 3. The number of rotatable bonds is 5. The number of ether oxygens (including phenoxy) is 1. The number of allylic oxidation sites excluding steroid dienone is 1. The molecule has 0 unspecified atom stereocenters. The SMILES string of the molecule is CN=C/C(COc1ccc2oc(C)c(C(=O)O)c2c1)=C(\N)C(F)(F)F. The summed E-state index contributed by atoms with van der Waals surface area (Å²) in [6, 6.07) is 4.33. The number of aromatic carboxylic acids is 1. The maximum absolute atomic E-state index is 12.7. The molecule has 3 N–H and O–H groups in total. The summed E-state index contributed by atoms with van der Waals surface area (Å²) >= 11 is 0. The Morgan fingerprint density at radius 1 is 1.44 bits per heavy atom. The number of carboxylic acid groups (broad SMARTS) is 1. The zero-order valence-corrected chi connectivity index (χ0v) is 13.3. The van der Waals surface area contributed by atoms with Crippen molar-refractivity contribution in [3.63, 3.8) is 0 Å². The van der Waals surface area contributed by atoms with Gasteiger partial charge < -0.3 is 20.0 Å². The first-order chi connectivity index (χ1) is 11.6.